The Morgan fingerprint density at radius 3 is 2.47 bits per heavy atom. The Morgan fingerprint density at radius 1 is 1.47 bits per heavy atom. The molecule has 0 heterocycles. The summed E-state index contributed by atoms with van der Waals surface area (Å²) in [6.07, 6.45) is 2.31. The highest BCUT2D eigenvalue weighted by atomic mass is 28.4. The molecule has 0 aliphatic carbocycles. The monoisotopic (exact) mass is 229 g/mol. The van der Waals surface area contributed by atoms with Gasteiger partial charge in [0, 0.05) is 13.7 Å². The van der Waals surface area contributed by atoms with Gasteiger partial charge in [-0.1, -0.05) is 20.4 Å². The minimum atomic E-state index is -1.48. The van der Waals surface area contributed by atoms with Crippen molar-refractivity contribution in [3.63, 3.8) is 0 Å². The van der Waals surface area contributed by atoms with E-state index in [4.69, 9.17) is 4.43 Å². The maximum atomic E-state index is 10.9. The topological polar surface area (TPSA) is 38.3 Å². The van der Waals surface area contributed by atoms with Gasteiger partial charge in [-0.3, -0.25) is 4.79 Å². The van der Waals surface area contributed by atoms with E-state index in [1.807, 2.05) is 7.11 Å². The predicted molar refractivity (Wildman–Crippen MR) is 66.4 cm³/mol. The van der Waals surface area contributed by atoms with Gasteiger partial charge >= 0.3 is 0 Å². The second-order valence-electron chi connectivity index (χ2n) is 3.69. The third-order valence-electron chi connectivity index (χ3n) is 3.02. The Balaban J connectivity index is 3.81. The van der Waals surface area contributed by atoms with Gasteiger partial charge in [0.15, 0.2) is 8.32 Å². The summed E-state index contributed by atoms with van der Waals surface area (Å²) < 4.78 is 5.68. The first-order valence-corrected chi connectivity index (χ1v) is 8.12. The second kappa shape index (κ2) is 7.65. The molecule has 0 rings (SSSR count). The van der Waals surface area contributed by atoms with E-state index in [9.17, 15) is 4.79 Å². The van der Waals surface area contributed by atoms with E-state index in [1.54, 1.807) is 0 Å². The van der Waals surface area contributed by atoms with Crippen molar-refractivity contribution in [2.75, 3.05) is 13.7 Å². The molecule has 0 aliphatic rings. The van der Waals surface area contributed by atoms with Crippen LogP contribution in [0.5, 0.6) is 0 Å². The Labute approximate surface area is 94.0 Å². The van der Waals surface area contributed by atoms with E-state index in [1.165, 1.54) is 6.08 Å². The number of carbonyl (C=O) groups is 1. The fourth-order valence-corrected chi connectivity index (χ4v) is 4.50. The van der Waals surface area contributed by atoms with Crippen LogP contribution in [0.3, 0.4) is 0 Å². The molecule has 15 heavy (non-hydrogen) atoms. The van der Waals surface area contributed by atoms with Crippen LogP contribution >= 0.6 is 0 Å². The molecule has 4 heteroatoms. The Morgan fingerprint density at radius 2 is 2.07 bits per heavy atom. The normalized spacial score (nSPS) is 11.1. The summed E-state index contributed by atoms with van der Waals surface area (Å²) in [7, 11) is 0.344. The van der Waals surface area contributed by atoms with Crippen LogP contribution in [0.15, 0.2) is 12.7 Å². The summed E-state index contributed by atoms with van der Waals surface area (Å²) in [5, 5.41) is 2.79. The van der Waals surface area contributed by atoms with E-state index < -0.39 is 8.32 Å². The molecule has 0 saturated heterocycles. The largest absolute Gasteiger partial charge is 0.420 e. The lowest BCUT2D eigenvalue weighted by Crippen LogP contribution is -2.36. The van der Waals surface area contributed by atoms with E-state index in [0.717, 1.165) is 31.1 Å². The molecular weight excluding hydrogens is 206 g/mol. The van der Waals surface area contributed by atoms with Crippen molar-refractivity contribution in [2.24, 2.45) is 0 Å². The number of amides is 1. The fraction of sp³-hybridized carbons (Fsp3) is 0.727. The molecule has 0 radical (unpaired) electrons. The molecule has 0 spiro atoms. The van der Waals surface area contributed by atoms with Crippen molar-refractivity contribution in [3.8, 4) is 0 Å². The van der Waals surface area contributed by atoms with Crippen LogP contribution in [-0.2, 0) is 9.22 Å². The molecule has 0 aromatic rings. The average molecular weight is 229 g/mol. The third-order valence-corrected chi connectivity index (χ3v) is 7.72. The summed E-state index contributed by atoms with van der Waals surface area (Å²) in [6.45, 7) is 8.53. The van der Waals surface area contributed by atoms with Gasteiger partial charge in [-0.2, -0.15) is 0 Å². The van der Waals surface area contributed by atoms with Gasteiger partial charge in [0.05, 0.1) is 0 Å². The minimum absolute atomic E-state index is 0.0901. The number of nitrogens with one attached hydrogen (secondary N) is 1. The van der Waals surface area contributed by atoms with E-state index in [-0.39, 0.29) is 5.91 Å². The zero-order valence-electron chi connectivity index (χ0n) is 10.1. The first-order chi connectivity index (χ1) is 7.14. The molecule has 3 nitrogen and oxygen atoms in total. The van der Waals surface area contributed by atoms with Crippen molar-refractivity contribution in [2.45, 2.75) is 38.4 Å². The predicted octanol–water partition coefficient (Wildman–Crippen LogP) is 2.31. The molecular formula is C11H23NO2Si. The van der Waals surface area contributed by atoms with Crippen LogP contribution in [-0.4, -0.2) is 27.9 Å². The van der Waals surface area contributed by atoms with Gasteiger partial charge in [0.25, 0.3) is 0 Å². The highest BCUT2D eigenvalue weighted by molar-refractivity contribution is 6.73. The van der Waals surface area contributed by atoms with Crippen molar-refractivity contribution < 1.29 is 9.22 Å². The molecule has 0 aromatic heterocycles. The van der Waals surface area contributed by atoms with Crippen molar-refractivity contribution in [1.29, 1.82) is 0 Å². The fourth-order valence-electron chi connectivity index (χ4n) is 1.69. The molecule has 0 aromatic carbocycles. The number of hydrogen-bond acceptors (Lipinski definition) is 2. The summed E-state index contributed by atoms with van der Waals surface area (Å²) in [5.41, 5.74) is 0. The molecule has 88 valence electrons. The Hall–Kier alpha value is -0.613. The van der Waals surface area contributed by atoms with Crippen LogP contribution in [0.2, 0.25) is 18.1 Å². The quantitative estimate of drug-likeness (QED) is 0.394. The highest BCUT2D eigenvalue weighted by Crippen LogP contribution is 2.22. The lowest BCUT2D eigenvalue weighted by molar-refractivity contribution is -0.116. The summed E-state index contributed by atoms with van der Waals surface area (Å²) in [5.74, 6) is -0.0901. The second-order valence-corrected chi connectivity index (χ2v) is 8.38. The Kier molecular flexibility index (Phi) is 7.34. The molecule has 0 unspecified atom stereocenters. The number of hydrogen-bond donors (Lipinski definition) is 1. The Bertz CT molecular complexity index is 194. The van der Waals surface area contributed by atoms with Crippen LogP contribution in [0.4, 0.5) is 0 Å². The van der Waals surface area contributed by atoms with E-state index in [2.05, 4.69) is 25.7 Å². The summed E-state index contributed by atoms with van der Waals surface area (Å²) in [6, 6.07) is 3.42. The minimum Gasteiger partial charge on any atom is -0.420 e. The zero-order chi connectivity index (χ0) is 11.7. The van der Waals surface area contributed by atoms with Crippen LogP contribution in [0, 0.1) is 0 Å². The molecule has 0 bridgehead atoms. The van der Waals surface area contributed by atoms with Gasteiger partial charge in [-0.25, -0.2) is 0 Å². The van der Waals surface area contributed by atoms with Gasteiger partial charge in [0.1, 0.15) is 0 Å². The van der Waals surface area contributed by atoms with E-state index >= 15 is 0 Å². The molecule has 0 atom stereocenters. The SMILES string of the molecule is C=CC(=O)NCCC[Si](CC)(CC)OC. The van der Waals surface area contributed by atoms with Gasteiger partial charge in [0.2, 0.25) is 5.91 Å². The average Bonchev–Trinajstić information content (AvgIpc) is 2.30. The van der Waals surface area contributed by atoms with Crippen LogP contribution in [0.1, 0.15) is 20.3 Å². The van der Waals surface area contributed by atoms with Crippen LogP contribution < -0.4 is 5.32 Å². The van der Waals surface area contributed by atoms with E-state index in [0.29, 0.717) is 0 Å². The zero-order valence-corrected chi connectivity index (χ0v) is 11.1. The van der Waals surface area contributed by atoms with Crippen molar-refractivity contribution in [1.82, 2.24) is 5.32 Å². The third kappa shape index (κ3) is 5.13. The molecule has 1 amide bonds. The molecule has 0 fully saturated rings. The smallest absolute Gasteiger partial charge is 0.243 e. The van der Waals surface area contributed by atoms with Crippen molar-refractivity contribution in [3.05, 3.63) is 12.7 Å². The number of rotatable bonds is 8. The lowest BCUT2D eigenvalue weighted by Gasteiger charge is -2.27. The maximum Gasteiger partial charge on any atom is 0.243 e. The van der Waals surface area contributed by atoms with Crippen molar-refractivity contribution >= 4 is 14.2 Å². The molecule has 0 saturated carbocycles. The summed E-state index contributed by atoms with van der Waals surface area (Å²) in [4.78, 5) is 10.9. The van der Waals surface area contributed by atoms with Gasteiger partial charge in [-0.15, -0.1) is 0 Å². The molecule has 1 N–H and O–H groups in total. The first-order valence-electron chi connectivity index (χ1n) is 5.59. The summed E-state index contributed by atoms with van der Waals surface area (Å²) >= 11 is 0. The number of carbonyl (C=O) groups excluding carboxylic acids is 1. The highest BCUT2D eigenvalue weighted by Gasteiger charge is 2.28. The van der Waals surface area contributed by atoms with Gasteiger partial charge < -0.3 is 9.74 Å². The first kappa shape index (κ1) is 14.4. The standard InChI is InChI=1S/C11H23NO2Si/c1-5-11(13)12-9-8-10-15(6-2,7-3)14-4/h5H,1,6-10H2,2-4H3,(H,12,13). The maximum absolute atomic E-state index is 10.9. The van der Waals surface area contributed by atoms with Crippen LogP contribution in [0.25, 0.3) is 0 Å². The van der Waals surface area contributed by atoms with Gasteiger partial charge in [-0.05, 0) is 30.6 Å². The molecule has 0 aliphatic heterocycles. The lowest BCUT2D eigenvalue weighted by atomic mass is 10.4.